The van der Waals surface area contributed by atoms with Gasteiger partial charge in [-0.3, -0.25) is 10.1 Å². The van der Waals surface area contributed by atoms with E-state index in [0.717, 1.165) is 0 Å². The van der Waals surface area contributed by atoms with Crippen molar-refractivity contribution in [2.75, 3.05) is 6.61 Å². The SMILES string of the molecule is CCOc1cc(/C=N\OCc2cccc([N+](=O)[O-])c2)cc(Cl)c1OCc1cccc(F)c1. The molecule has 0 saturated carbocycles. The topological polar surface area (TPSA) is 83.2 Å². The average Bonchev–Trinajstić information content (AvgIpc) is 2.76. The first-order chi connectivity index (χ1) is 15.5. The zero-order valence-electron chi connectivity index (χ0n) is 17.2. The summed E-state index contributed by atoms with van der Waals surface area (Å²) in [6.07, 6.45) is 1.45. The van der Waals surface area contributed by atoms with E-state index in [1.165, 1.54) is 30.5 Å². The molecule has 0 aromatic heterocycles. The van der Waals surface area contributed by atoms with Crippen molar-refractivity contribution in [3.05, 3.63) is 98.3 Å². The molecule has 0 spiro atoms. The summed E-state index contributed by atoms with van der Waals surface area (Å²) in [6.45, 7) is 2.40. The standard InChI is InChI=1S/C23H20ClFN2O5/c1-2-30-22-12-18(13-26-32-15-17-6-4-8-20(10-17)27(28)29)11-21(24)23(22)31-14-16-5-3-7-19(25)9-16/h3-13H,2,14-15H2,1H3/b26-13-. The van der Waals surface area contributed by atoms with Crippen molar-refractivity contribution < 1.29 is 23.6 Å². The van der Waals surface area contributed by atoms with Gasteiger partial charge < -0.3 is 14.3 Å². The molecule has 0 N–H and O–H groups in total. The molecule has 0 heterocycles. The van der Waals surface area contributed by atoms with Crippen molar-refractivity contribution in [3.63, 3.8) is 0 Å². The van der Waals surface area contributed by atoms with E-state index in [-0.39, 0.29) is 24.7 Å². The van der Waals surface area contributed by atoms with Crippen LogP contribution >= 0.6 is 11.6 Å². The first kappa shape index (κ1) is 23.0. The molecule has 0 aliphatic rings. The maximum Gasteiger partial charge on any atom is 0.269 e. The van der Waals surface area contributed by atoms with Gasteiger partial charge >= 0.3 is 0 Å². The van der Waals surface area contributed by atoms with Crippen LogP contribution in [0.3, 0.4) is 0 Å². The Balaban J connectivity index is 1.68. The number of oxime groups is 1. The van der Waals surface area contributed by atoms with Crippen LogP contribution in [0.25, 0.3) is 0 Å². The van der Waals surface area contributed by atoms with Crippen LogP contribution in [0.4, 0.5) is 10.1 Å². The van der Waals surface area contributed by atoms with Gasteiger partial charge in [0.2, 0.25) is 0 Å². The Morgan fingerprint density at radius 1 is 1.06 bits per heavy atom. The lowest BCUT2D eigenvalue weighted by Gasteiger charge is -2.14. The van der Waals surface area contributed by atoms with Crippen molar-refractivity contribution in [2.24, 2.45) is 5.16 Å². The van der Waals surface area contributed by atoms with Crippen LogP contribution in [0.5, 0.6) is 11.5 Å². The van der Waals surface area contributed by atoms with Crippen LogP contribution in [-0.4, -0.2) is 17.7 Å². The van der Waals surface area contributed by atoms with E-state index < -0.39 is 4.92 Å². The molecule has 9 heteroatoms. The summed E-state index contributed by atoms with van der Waals surface area (Å²) in [7, 11) is 0. The third-order valence-electron chi connectivity index (χ3n) is 4.23. The van der Waals surface area contributed by atoms with Crippen LogP contribution in [0.15, 0.2) is 65.8 Å². The second-order valence-electron chi connectivity index (χ2n) is 6.62. The summed E-state index contributed by atoms with van der Waals surface area (Å²) in [4.78, 5) is 15.6. The Bertz CT molecular complexity index is 1120. The number of nitro benzene ring substituents is 1. The molecule has 32 heavy (non-hydrogen) atoms. The molecule has 166 valence electrons. The number of hydrogen-bond donors (Lipinski definition) is 0. The molecule has 0 radical (unpaired) electrons. The van der Waals surface area contributed by atoms with Gasteiger partial charge in [-0.25, -0.2) is 4.39 Å². The maximum atomic E-state index is 13.4. The predicted molar refractivity (Wildman–Crippen MR) is 119 cm³/mol. The Morgan fingerprint density at radius 2 is 1.81 bits per heavy atom. The van der Waals surface area contributed by atoms with Crippen molar-refractivity contribution in [3.8, 4) is 11.5 Å². The van der Waals surface area contributed by atoms with Crippen molar-refractivity contribution in [1.29, 1.82) is 0 Å². The average molecular weight is 459 g/mol. The van der Waals surface area contributed by atoms with Gasteiger partial charge in [0.15, 0.2) is 11.5 Å². The number of non-ortho nitro benzene ring substituents is 1. The number of ether oxygens (including phenoxy) is 2. The van der Waals surface area contributed by atoms with E-state index in [1.807, 2.05) is 6.92 Å². The number of nitro groups is 1. The van der Waals surface area contributed by atoms with Crippen molar-refractivity contribution >= 4 is 23.5 Å². The van der Waals surface area contributed by atoms with Gasteiger partial charge in [-0.05, 0) is 42.3 Å². The molecule has 0 amide bonds. The summed E-state index contributed by atoms with van der Waals surface area (Å²) in [6, 6.07) is 15.5. The lowest BCUT2D eigenvalue weighted by Crippen LogP contribution is -2.01. The predicted octanol–water partition coefficient (Wildman–Crippen LogP) is 5.92. The number of benzene rings is 3. The zero-order valence-corrected chi connectivity index (χ0v) is 17.9. The van der Waals surface area contributed by atoms with Crippen LogP contribution < -0.4 is 9.47 Å². The second kappa shape index (κ2) is 11.1. The highest BCUT2D eigenvalue weighted by molar-refractivity contribution is 6.32. The van der Waals surface area contributed by atoms with Crippen molar-refractivity contribution in [2.45, 2.75) is 20.1 Å². The summed E-state index contributed by atoms with van der Waals surface area (Å²) in [5.41, 5.74) is 1.86. The van der Waals surface area contributed by atoms with Gasteiger partial charge in [0.25, 0.3) is 5.69 Å². The molecule has 3 aromatic carbocycles. The Labute approximate surface area is 189 Å². The van der Waals surface area contributed by atoms with Crippen LogP contribution in [-0.2, 0) is 18.1 Å². The van der Waals surface area contributed by atoms with Crippen LogP contribution in [0, 0.1) is 15.9 Å². The first-order valence-electron chi connectivity index (χ1n) is 9.68. The smallest absolute Gasteiger partial charge is 0.269 e. The van der Waals surface area contributed by atoms with E-state index >= 15 is 0 Å². The first-order valence-corrected chi connectivity index (χ1v) is 10.1. The van der Waals surface area contributed by atoms with E-state index in [0.29, 0.717) is 39.8 Å². The number of rotatable bonds is 10. The third kappa shape index (κ3) is 6.42. The molecule has 3 aromatic rings. The molecule has 7 nitrogen and oxygen atoms in total. The Morgan fingerprint density at radius 3 is 2.53 bits per heavy atom. The third-order valence-corrected chi connectivity index (χ3v) is 4.51. The fourth-order valence-corrected chi connectivity index (χ4v) is 3.09. The van der Waals surface area contributed by atoms with Crippen molar-refractivity contribution in [1.82, 2.24) is 0 Å². The minimum atomic E-state index is -0.470. The molecule has 3 rings (SSSR count). The lowest BCUT2D eigenvalue weighted by molar-refractivity contribution is -0.384. The van der Waals surface area contributed by atoms with E-state index in [9.17, 15) is 14.5 Å². The highest BCUT2D eigenvalue weighted by atomic mass is 35.5. The van der Waals surface area contributed by atoms with E-state index in [2.05, 4.69) is 5.16 Å². The van der Waals surface area contributed by atoms with Gasteiger partial charge in [0, 0.05) is 17.7 Å². The minimum Gasteiger partial charge on any atom is -0.490 e. The fraction of sp³-hybridized carbons (Fsp3) is 0.174. The molecule has 0 saturated heterocycles. The molecular weight excluding hydrogens is 439 g/mol. The summed E-state index contributed by atoms with van der Waals surface area (Å²) < 4.78 is 24.8. The minimum absolute atomic E-state index is 0.0166. The number of halogens is 2. The number of nitrogens with zero attached hydrogens (tertiary/aromatic N) is 2. The second-order valence-corrected chi connectivity index (χ2v) is 7.02. The van der Waals surface area contributed by atoms with E-state index in [4.69, 9.17) is 25.9 Å². The van der Waals surface area contributed by atoms with Gasteiger partial charge in [0.05, 0.1) is 22.8 Å². The normalized spacial score (nSPS) is 10.8. The van der Waals surface area contributed by atoms with E-state index in [1.54, 1.807) is 36.4 Å². The molecule has 0 bridgehead atoms. The fourth-order valence-electron chi connectivity index (χ4n) is 2.82. The van der Waals surface area contributed by atoms with Gasteiger partial charge in [-0.2, -0.15) is 0 Å². The maximum absolute atomic E-state index is 13.4. The van der Waals surface area contributed by atoms with Crippen LogP contribution in [0.1, 0.15) is 23.6 Å². The summed E-state index contributed by atoms with van der Waals surface area (Å²) >= 11 is 6.38. The van der Waals surface area contributed by atoms with Gasteiger partial charge in [-0.15, -0.1) is 0 Å². The molecule has 0 unspecified atom stereocenters. The van der Waals surface area contributed by atoms with Crippen LogP contribution in [0.2, 0.25) is 5.02 Å². The monoisotopic (exact) mass is 458 g/mol. The highest BCUT2D eigenvalue weighted by Gasteiger charge is 2.13. The number of hydrogen-bond acceptors (Lipinski definition) is 6. The molecule has 0 atom stereocenters. The zero-order chi connectivity index (χ0) is 22.9. The molecular formula is C23H20ClFN2O5. The lowest BCUT2D eigenvalue weighted by atomic mass is 10.2. The molecule has 0 aliphatic heterocycles. The Kier molecular flexibility index (Phi) is 7.99. The molecule has 0 aliphatic carbocycles. The van der Waals surface area contributed by atoms with Gasteiger partial charge in [0.1, 0.15) is 19.0 Å². The van der Waals surface area contributed by atoms with Gasteiger partial charge in [-0.1, -0.05) is 41.0 Å². The largest absolute Gasteiger partial charge is 0.490 e. The Hall–Kier alpha value is -3.65. The molecule has 0 fully saturated rings. The summed E-state index contributed by atoms with van der Waals surface area (Å²) in [5, 5.41) is 15.0. The highest BCUT2D eigenvalue weighted by Crippen LogP contribution is 2.37. The summed E-state index contributed by atoms with van der Waals surface area (Å²) in [5.74, 6) is 0.405. The quantitative estimate of drug-likeness (QED) is 0.214.